The predicted molar refractivity (Wildman–Crippen MR) is 53.9 cm³/mol. The van der Waals surface area contributed by atoms with Gasteiger partial charge in [0.1, 0.15) is 0 Å². The molecule has 1 heteroatoms. The summed E-state index contributed by atoms with van der Waals surface area (Å²) in [4.78, 5) is 0. The second-order valence-corrected chi connectivity index (χ2v) is 3.11. The highest BCUT2D eigenvalue weighted by molar-refractivity contribution is 5.38. The van der Waals surface area contributed by atoms with Gasteiger partial charge in [-0.2, -0.15) is 0 Å². The Morgan fingerprint density at radius 2 is 2.33 bits per heavy atom. The molecule has 0 aromatic heterocycles. The first-order valence-corrected chi connectivity index (χ1v) is 4.52. The lowest BCUT2D eigenvalue weighted by atomic mass is 10.00. The van der Waals surface area contributed by atoms with Crippen LogP contribution in [0.5, 0.6) is 0 Å². The standard InChI is InChI=1S/C11H17N/c1-4-9(3)11-10(5-2)7-6-8-12-11/h4-5,12H,2,6-8H2,1,3H3/b9-4-. The van der Waals surface area contributed by atoms with E-state index >= 15 is 0 Å². The second-order valence-electron chi connectivity index (χ2n) is 3.11. The molecule has 1 aliphatic rings. The zero-order valence-corrected chi connectivity index (χ0v) is 7.98. The molecule has 0 aromatic rings. The number of rotatable bonds is 2. The van der Waals surface area contributed by atoms with Gasteiger partial charge in [0.25, 0.3) is 0 Å². The third-order valence-electron chi connectivity index (χ3n) is 2.32. The molecule has 66 valence electrons. The van der Waals surface area contributed by atoms with Crippen molar-refractivity contribution in [1.82, 2.24) is 5.32 Å². The summed E-state index contributed by atoms with van der Waals surface area (Å²) in [6, 6.07) is 0. The van der Waals surface area contributed by atoms with Crippen LogP contribution in [0.4, 0.5) is 0 Å². The third-order valence-corrected chi connectivity index (χ3v) is 2.32. The molecule has 0 unspecified atom stereocenters. The average Bonchev–Trinajstić information content (AvgIpc) is 2.16. The van der Waals surface area contributed by atoms with Crippen molar-refractivity contribution in [2.24, 2.45) is 0 Å². The van der Waals surface area contributed by atoms with Crippen LogP contribution < -0.4 is 5.32 Å². The van der Waals surface area contributed by atoms with E-state index in [0.29, 0.717) is 0 Å². The summed E-state index contributed by atoms with van der Waals surface area (Å²) < 4.78 is 0. The molecule has 0 bridgehead atoms. The maximum atomic E-state index is 3.83. The summed E-state index contributed by atoms with van der Waals surface area (Å²) in [6.45, 7) is 9.13. The molecule has 0 atom stereocenters. The first-order chi connectivity index (χ1) is 5.79. The van der Waals surface area contributed by atoms with Crippen LogP contribution in [0.15, 0.2) is 35.6 Å². The predicted octanol–water partition coefficient (Wildman–Crippen LogP) is 2.78. The molecular weight excluding hydrogens is 146 g/mol. The number of hydrogen-bond acceptors (Lipinski definition) is 1. The van der Waals surface area contributed by atoms with Crippen LogP contribution in [0, 0.1) is 0 Å². The van der Waals surface area contributed by atoms with Gasteiger partial charge in [0.15, 0.2) is 0 Å². The van der Waals surface area contributed by atoms with Crippen LogP contribution in [0.2, 0.25) is 0 Å². The van der Waals surface area contributed by atoms with Crippen LogP contribution in [0.25, 0.3) is 0 Å². The molecular formula is C11H17N. The van der Waals surface area contributed by atoms with E-state index in [1.807, 2.05) is 6.08 Å². The quantitative estimate of drug-likeness (QED) is 0.660. The number of hydrogen-bond donors (Lipinski definition) is 1. The van der Waals surface area contributed by atoms with Gasteiger partial charge in [-0.05, 0) is 37.8 Å². The fourth-order valence-electron chi connectivity index (χ4n) is 1.47. The monoisotopic (exact) mass is 163 g/mol. The summed E-state index contributed by atoms with van der Waals surface area (Å²) in [5.74, 6) is 0. The summed E-state index contributed by atoms with van der Waals surface area (Å²) in [5, 5.41) is 3.41. The largest absolute Gasteiger partial charge is 0.385 e. The van der Waals surface area contributed by atoms with Crippen LogP contribution >= 0.6 is 0 Å². The molecule has 12 heavy (non-hydrogen) atoms. The van der Waals surface area contributed by atoms with Crippen LogP contribution in [0.1, 0.15) is 26.7 Å². The summed E-state index contributed by atoms with van der Waals surface area (Å²) >= 11 is 0. The van der Waals surface area contributed by atoms with E-state index in [0.717, 1.165) is 13.0 Å². The normalized spacial score (nSPS) is 19.0. The first kappa shape index (κ1) is 9.11. The molecule has 0 fully saturated rings. The van der Waals surface area contributed by atoms with Gasteiger partial charge >= 0.3 is 0 Å². The van der Waals surface area contributed by atoms with E-state index in [-0.39, 0.29) is 0 Å². The highest BCUT2D eigenvalue weighted by Gasteiger charge is 2.09. The highest BCUT2D eigenvalue weighted by Crippen LogP contribution is 2.20. The van der Waals surface area contributed by atoms with Crippen molar-refractivity contribution in [2.45, 2.75) is 26.7 Å². The van der Waals surface area contributed by atoms with Gasteiger partial charge in [-0.25, -0.2) is 0 Å². The van der Waals surface area contributed by atoms with Gasteiger partial charge < -0.3 is 5.32 Å². The van der Waals surface area contributed by atoms with Crippen LogP contribution in [-0.2, 0) is 0 Å². The minimum Gasteiger partial charge on any atom is -0.385 e. The molecule has 0 amide bonds. The average molecular weight is 163 g/mol. The van der Waals surface area contributed by atoms with Crippen molar-refractivity contribution in [1.29, 1.82) is 0 Å². The van der Waals surface area contributed by atoms with E-state index in [2.05, 4.69) is 31.8 Å². The van der Waals surface area contributed by atoms with Gasteiger partial charge in [-0.15, -0.1) is 0 Å². The molecule has 0 saturated heterocycles. The number of allylic oxidation sites excluding steroid dienone is 4. The fourth-order valence-corrected chi connectivity index (χ4v) is 1.47. The van der Waals surface area contributed by atoms with Crippen LogP contribution in [0.3, 0.4) is 0 Å². The molecule has 1 N–H and O–H groups in total. The molecule has 0 aliphatic carbocycles. The van der Waals surface area contributed by atoms with Crippen molar-refractivity contribution < 1.29 is 0 Å². The van der Waals surface area contributed by atoms with Crippen molar-refractivity contribution in [3.63, 3.8) is 0 Å². The second kappa shape index (κ2) is 4.15. The minimum absolute atomic E-state index is 1.10. The Balaban J connectivity index is 2.94. The summed E-state index contributed by atoms with van der Waals surface area (Å²) in [7, 11) is 0. The molecule has 0 saturated carbocycles. The lowest BCUT2D eigenvalue weighted by molar-refractivity contribution is 0.677. The highest BCUT2D eigenvalue weighted by atomic mass is 14.9. The van der Waals surface area contributed by atoms with Crippen molar-refractivity contribution in [2.75, 3.05) is 6.54 Å². The molecule has 1 heterocycles. The van der Waals surface area contributed by atoms with E-state index in [1.165, 1.54) is 23.3 Å². The van der Waals surface area contributed by atoms with Crippen molar-refractivity contribution >= 4 is 0 Å². The smallest absolute Gasteiger partial charge is 0.0398 e. The number of nitrogens with one attached hydrogen (secondary N) is 1. The molecule has 1 rings (SSSR count). The zero-order valence-electron chi connectivity index (χ0n) is 7.98. The van der Waals surface area contributed by atoms with Gasteiger partial charge in [-0.1, -0.05) is 18.7 Å². The summed E-state index contributed by atoms with van der Waals surface area (Å²) in [5.41, 5.74) is 3.97. The van der Waals surface area contributed by atoms with Gasteiger partial charge in [0.05, 0.1) is 0 Å². The lowest BCUT2D eigenvalue weighted by Crippen LogP contribution is -2.21. The molecule has 0 aromatic carbocycles. The maximum Gasteiger partial charge on any atom is 0.0398 e. The zero-order chi connectivity index (χ0) is 8.97. The van der Waals surface area contributed by atoms with Crippen LogP contribution in [-0.4, -0.2) is 6.54 Å². The third kappa shape index (κ3) is 1.79. The Kier molecular flexibility index (Phi) is 3.15. The Morgan fingerprint density at radius 1 is 1.58 bits per heavy atom. The SMILES string of the molecule is C=CC1=C(/C(C)=C\C)NCCC1. The Hall–Kier alpha value is -0.980. The van der Waals surface area contributed by atoms with Gasteiger partial charge in [-0.3, -0.25) is 0 Å². The van der Waals surface area contributed by atoms with Gasteiger partial charge in [0, 0.05) is 12.2 Å². The van der Waals surface area contributed by atoms with Crippen molar-refractivity contribution in [3.05, 3.63) is 35.6 Å². The molecule has 0 radical (unpaired) electrons. The van der Waals surface area contributed by atoms with Crippen molar-refractivity contribution in [3.8, 4) is 0 Å². The first-order valence-electron chi connectivity index (χ1n) is 4.52. The Labute approximate surface area is 74.9 Å². The van der Waals surface area contributed by atoms with E-state index < -0.39 is 0 Å². The molecule has 1 nitrogen and oxygen atoms in total. The lowest BCUT2D eigenvalue weighted by Gasteiger charge is -2.20. The Bertz CT molecular complexity index is 233. The molecule has 1 aliphatic heterocycles. The fraction of sp³-hybridized carbons (Fsp3) is 0.455. The minimum atomic E-state index is 1.10. The van der Waals surface area contributed by atoms with E-state index in [9.17, 15) is 0 Å². The van der Waals surface area contributed by atoms with E-state index in [4.69, 9.17) is 0 Å². The molecule has 0 spiro atoms. The van der Waals surface area contributed by atoms with E-state index in [1.54, 1.807) is 0 Å². The van der Waals surface area contributed by atoms with Gasteiger partial charge in [0.2, 0.25) is 0 Å². The topological polar surface area (TPSA) is 12.0 Å². The maximum absolute atomic E-state index is 3.83. The summed E-state index contributed by atoms with van der Waals surface area (Å²) in [6.07, 6.45) is 6.49. The Morgan fingerprint density at radius 3 is 2.92 bits per heavy atom.